The van der Waals surface area contributed by atoms with Gasteiger partial charge in [-0.05, 0) is 35.9 Å². The van der Waals surface area contributed by atoms with Gasteiger partial charge in [0.2, 0.25) is 0 Å². The second kappa shape index (κ2) is 8.23. The molecule has 6 nitrogen and oxygen atoms in total. The number of benzene rings is 3. The zero-order chi connectivity index (χ0) is 21.1. The van der Waals surface area contributed by atoms with E-state index in [2.05, 4.69) is 0 Å². The van der Waals surface area contributed by atoms with E-state index >= 15 is 0 Å². The fourth-order valence-electron chi connectivity index (χ4n) is 3.38. The van der Waals surface area contributed by atoms with Crippen LogP contribution in [0.2, 0.25) is 0 Å². The zero-order valence-electron chi connectivity index (χ0n) is 16.1. The first-order chi connectivity index (χ1) is 14.5. The summed E-state index contributed by atoms with van der Waals surface area (Å²) in [7, 11) is 0. The van der Waals surface area contributed by atoms with Crippen molar-refractivity contribution in [2.24, 2.45) is 5.73 Å². The number of nitrogens with zero attached hydrogens (tertiary/aromatic N) is 1. The highest BCUT2D eigenvalue weighted by molar-refractivity contribution is 6.04. The van der Waals surface area contributed by atoms with Gasteiger partial charge < -0.3 is 15.6 Å². The van der Waals surface area contributed by atoms with Gasteiger partial charge in [-0.3, -0.25) is 14.2 Å². The fraction of sp³-hybridized carbons (Fsp3) is 0.0833. The molecular weight excluding hydrogens is 380 g/mol. The summed E-state index contributed by atoms with van der Waals surface area (Å²) in [5.74, 6) is -0.286. The Morgan fingerprint density at radius 2 is 1.60 bits per heavy atom. The van der Waals surface area contributed by atoms with Gasteiger partial charge in [-0.15, -0.1) is 0 Å². The second-order valence-corrected chi connectivity index (χ2v) is 6.91. The van der Waals surface area contributed by atoms with Gasteiger partial charge >= 0.3 is 5.97 Å². The van der Waals surface area contributed by atoms with E-state index in [0.717, 1.165) is 5.39 Å². The summed E-state index contributed by atoms with van der Waals surface area (Å²) in [6.07, 6.45) is 1.79. The van der Waals surface area contributed by atoms with E-state index in [0.29, 0.717) is 28.1 Å². The van der Waals surface area contributed by atoms with Gasteiger partial charge in [-0.25, -0.2) is 0 Å². The number of carbonyl (C=O) groups excluding carboxylic acids is 1. The molecule has 4 aromatic rings. The molecule has 4 rings (SSSR count). The van der Waals surface area contributed by atoms with Crippen molar-refractivity contribution in [1.82, 2.24) is 4.57 Å². The SMILES string of the molecule is NC(Cc1cn(C(=O)c2ccccc2Oc2ccccc2)c2ccccc12)C(=O)O. The van der Waals surface area contributed by atoms with Gasteiger partial charge in [0.1, 0.15) is 17.5 Å². The lowest BCUT2D eigenvalue weighted by Gasteiger charge is -2.11. The highest BCUT2D eigenvalue weighted by Gasteiger charge is 2.21. The molecule has 0 bridgehead atoms. The molecule has 1 unspecified atom stereocenters. The van der Waals surface area contributed by atoms with Crippen molar-refractivity contribution in [3.63, 3.8) is 0 Å². The van der Waals surface area contributed by atoms with Crippen LogP contribution in [0.25, 0.3) is 10.9 Å². The third-order valence-corrected chi connectivity index (χ3v) is 4.86. The fourth-order valence-corrected chi connectivity index (χ4v) is 3.38. The molecule has 0 saturated heterocycles. The number of carboxylic acids is 1. The van der Waals surface area contributed by atoms with Crippen LogP contribution in [0.5, 0.6) is 11.5 Å². The van der Waals surface area contributed by atoms with Crippen molar-refractivity contribution >= 4 is 22.8 Å². The number of aromatic nitrogens is 1. The van der Waals surface area contributed by atoms with Crippen molar-refractivity contribution in [1.29, 1.82) is 0 Å². The van der Waals surface area contributed by atoms with Gasteiger partial charge in [-0.1, -0.05) is 48.5 Å². The molecule has 0 spiro atoms. The molecule has 1 atom stereocenters. The number of rotatable bonds is 6. The van der Waals surface area contributed by atoms with Gasteiger partial charge in [0.25, 0.3) is 5.91 Å². The summed E-state index contributed by atoms with van der Waals surface area (Å²) in [5.41, 5.74) is 7.52. The maximum Gasteiger partial charge on any atom is 0.320 e. The van der Waals surface area contributed by atoms with Crippen molar-refractivity contribution in [2.45, 2.75) is 12.5 Å². The number of para-hydroxylation sites is 3. The number of carbonyl (C=O) groups is 2. The lowest BCUT2D eigenvalue weighted by Crippen LogP contribution is -2.32. The van der Waals surface area contributed by atoms with E-state index < -0.39 is 12.0 Å². The number of carboxylic acid groups (broad SMARTS) is 1. The summed E-state index contributed by atoms with van der Waals surface area (Å²) in [5, 5.41) is 9.97. The van der Waals surface area contributed by atoms with Crippen LogP contribution >= 0.6 is 0 Å². The highest BCUT2D eigenvalue weighted by Crippen LogP contribution is 2.28. The normalized spacial score (nSPS) is 11.9. The third kappa shape index (κ3) is 3.81. The van der Waals surface area contributed by atoms with E-state index in [1.807, 2.05) is 54.6 Å². The minimum atomic E-state index is -1.08. The Kier molecular flexibility index (Phi) is 5.32. The van der Waals surface area contributed by atoms with Crippen LogP contribution < -0.4 is 10.5 Å². The summed E-state index contributed by atoms with van der Waals surface area (Å²) >= 11 is 0. The van der Waals surface area contributed by atoms with Gasteiger partial charge in [0.05, 0.1) is 11.1 Å². The van der Waals surface area contributed by atoms with Gasteiger partial charge in [0, 0.05) is 18.0 Å². The minimum Gasteiger partial charge on any atom is -0.480 e. The molecule has 0 aliphatic heterocycles. The topological polar surface area (TPSA) is 94.5 Å². The number of ether oxygens (including phenoxy) is 1. The summed E-state index contributed by atoms with van der Waals surface area (Å²) in [4.78, 5) is 24.6. The van der Waals surface area contributed by atoms with Gasteiger partial charge in [-0.2, -0.15) is 0 Å². The van der Waals surface area contributed by atoms with Gasteiger partial charge in [0.15, 0.2) is 0 Å². The number of fused-ring (bicyclic) bond motifs is 1. The Morgan fingerprint density at radius 3 is 2.37 bits per heavy atom. The highest BCUT2D eigenvalue weighted by atomic mass is 16.5. The molecule has 0 aliphatic carbocycles. The van der Waals surface area contributed by atoms with E-state index in [1.54, 1.807) is 30.5 Å². The predicted octanol–water partition coefficient (Wildman–Crippen LogP) is 4.08. The molecule has 0 saturated carbocycles. The summed E-state index contributed by atoms with van der Waals surface area (Å²) in [6.45, 7) is 0. The summed E-state index contributed by atoms with van der Waals surface area (Å²) in [6, 6.07) is 22.6. The lowest BCUT2D eigenvalue weighted by atomic mass is 10.1. The van der Waals surface area contributed by atoms with Crippen LogP contribution in [-0.2, 0) is 11.2 Å². The van der Waals surface area contributed by atoms with Crippen LogP contribution in [-0.4, -0.2) is 27.6 Å². The smallest absolute Gasteiger partial charge is 0.320 e. The van der Waals surface area contributed by atoms with E-state index in [-0.39, 0.29) is 12.3 Å². The van der Waals surface area contributed by atoms with Crippen molar-refractivity contribution in [3.8, 4) is 11.5 Å². The van der Waals surface area contributed by atoms with Crippen molar-refractivity contribution in [3.05, 3.63) is 96.2 Å². The first-order valence-corrected chi connectivity index (χ1v) is 9.48. The quantitative estimate of drug-likeness (QED) is 0.509. The van der Waals surface area contributed by atoms with Crippen LogP contribution in [0.4, 0.5) is 0 Å². The number of hydrogen-bond acceptors (Lipinski definition) is 4. The largest absolute Gasteiger partial charge is 0.480 e. The Bertz CT molecular complexity index is 1210. The van der Waals surface area contributed by atoms with E-state index in [9.17, 15) is 14.7 Å². The van der Waals surface area contributed by atoms with Crippen molar-refractivity contribution in [2.75, 3.05) is 0 Å². The maximum atomic E-state index is 13.4. The van der Waals surface area contributed by atoms with Crippen LogP contribution in [0, 0.1) is 0 Å². The van der Waals surface area contributed by atoms with E-state index in [4.69, 9.17) is 10.5 Å². The third-order valence-electron chi connectivity index (χ3n) is 4.86. The molecule has 150 valence electrons. The second-order valence-electron chi connectivity index (χ2n) is 6.91. The zero-order valence-corrected chi connectivity index (χ0v) is 16.1. The number of nitrogens with two attached hydrogens (primary N) is 1. The first kappa shape index (κ1) is 19.4. The first-order valence-electron chi connectivity index (χ1n) is 9.48. The minimum absolute atomic E-state index is 0.123. The molecule has 0 amide bonds. The Morgan fingerprint density at radius 1 is 0.933 bits per heavy atom. The number of aliphatic carboxylic acids is 1. The molecule has 0 radical (unpaired) electrons. The average molecular weight is 400 g/mol. The molecule has 30 heavy (non-hydrogen) atoms. The Hall–Kier alpha value is -3.90. The standard InChI is InChI=1S/C24H20N2O4/c25-20(24(28)29)14-16-15-26(21-12-6-4-10-18(16)21)23(27)19-11-5-7-13-22(19)30-17-8-2-1-3-9-17/h1-13,15,20H,14,25H2,(H,28,29). The number of hydrogen-bond donors (Lipinski definition) is 2. The molecule has 3 aromatic carbocycles. The van der Waals surface area contributed by atoms with Crippen LogP contribution in [0.3, 0.4) is 0 Å². The maximum absolute atomic E-state index is 13.4. The summed E-state index contributed by atoms with van der Waals surface area (Å²) < 4.78 is 7.46. The molecule has 0 aliphatic rings. The Labute approximate surface area is 173 Å². The van der Waals surface area contributed by atoms with Crippen molar-refractivity contribution < 1.29 is 19.4 Å². The lowest BCUT2D eigenvalue weighted by molar-refractivity contribution is -0.138. The van der Waals surface area contributed by atoms with Crippen LogP contribution in [0.1, 0.15) is 15.9 Å². The Balaban J connectivity index is 1.75. The molecule has 1 aromatic heterocycles. The molecule has 6 heteroatoms. The average Bonchev–Trinajstić information content (AvgIpc) is 3.13. The molecular formula is C24H20N2O4. The molecule has 0 fully saturated rings. The van der Waals surface area contributed by atoms with Crippen LogP contribution in [0.15, 0.2) is 85.1 Å². The molecule has 1 heterocycles. The monoisotopic (exact) mass is 400 g/mol. The predicted molar refractivity (Wildman–Crippen MR) is 114 cm³/mol. The molecule has 3 N–H and O–H groups in total. The van der Waals surface area contributed by atoms with E-state index in [1.165, 1.54) is 4.57 Å².